The molecule has 25 heteroatoms. The number of allylic oxidation sites excluding steroid dienone is 1. The van der Waals surface area contributed by atoms with E-state index in [4.69, 9.17) is 11.6 Å². The van der Waals surface area contributed by atoms with E-state index >= 15 is 0 Å². The summed E-state index contributed by atoms with van der Waals surface area (Å²) in [5.74, 6) is -3.08. The molecule has 5 aromatic carbocycles. The average molecular weight is 1290 g/mol. The summed E-state index contributed by atoms with van der Waals surface area (Å²) in [5.41, 5.74) is -0.420. The quantitative estimate of drug-likeness (QED) is 0.0289. The Labute approximate surface area is 520 Å². The van der Waals surface area contributed by atoms with E-state index in [9.17, 15) is 54.0 Å². The van der Waals surface area contributed by atoms with E-state index in [1.807, 2.05) is 47.2 Å². The van der Waals surface area contributed by atoms with Gasteiger partial charge in [0, 0.05) is 117 Å². The third-order valence-electron chi connectivity index (χ3n) is 17.0. The lowest BCUT2D eigenvalue weighted by molar-refractivity contribution is -0.136. The lowest BCUT2D eigenvalue weighted by atomic mass is 9.73. The second kappa shape index (κ2) is 27.1. The molecule has 5 amide bonds. The number of nitrogens with zero attached hydrogens (tertiary/aromatic N) is 5. The lowest BCUT2D eigenvalue weighted by Crippen LogP contribution is -2.54. The number of fused-ring (bicyclic) bond motifs is 1. The number of carbonyl (C=O) groups is 5. The molecule has 0 aromatic heterocycles. The zero-order chi connectivity index (χ0) is 62.5. The Morgan fingerprint density at radius 3 is 2.14 bits per heavy atom. The van der Waals surface area contributed by atoms with Gasteiger partial charge in [0.2, 0.25) is 11.8 Å². The number of piperazine rings is 2. The number of rotatable bonds is 22. The summed E-state index contributed by atoms with van der Waals surface area (Å²) >= 11 is 7.63. The largest absolute Gasteiger partial charge is 0.501 e. The van der Waals surface area contributed by atoms with E-state index in [-0.39, 0.29) is 34.9 Å². The van der Waals surface area contributed by atoms with Crippen molar-refractivity contribution in [2.45, 2.75) is 91.1 Å². The molecule has 5 aromatic rings. The molecule has 1 aliphatic carbocycles. The highest BCUT2D eigenvalue weighted by Gasteiger charge is 2.49. The van der Waals surface area contributed by atoms with Gasteiger partial charge in [0.05, 0.1) is 21.7 Å². The summed E-state index contributed by atoms with van der Waals surface area (Å²) in [5, 5.41) is 9.22. The van der Waals surface area contributed by atoms with Crippen LogP contribution in [-0.4, -0.2) is 168 Å². The molecule has 5 aliphatic rings. The van der Waals surface area contributed by atoms with Crippen molar-refractivity contribution in [1.82, 2.24) is 29.6 Å². The Bertz CT molecular complexity index is 3690. The van der Waals surface area contributed by atoms with Crippen LogP contribution in [0.15, 0.2) is 136 Å². The van der Waals surface area contributed by atoms with Crippen LogP contribution in [0.25, 0.3) is 5.57 Å². The summed E-state index contributed by atoms with van der Waals surface area (Å²) in [6.45, 7) is 12.9. The number of benzene rings is 5. The number of sulfonamides is 1. The number of anilines is 3. The van der Waals surface area contributed by atoms with Gasteiger partial charge in [-0.05, 0) is 140 Å². The van der Waals surface area contributed by atoms with Crippen molar-refractivity contribution < 1.29 is 54.0 Å². The fourth-order valence-corrected chi connectivity index (χ4v) is 15.2. The van der Waals surface area contributed by atoms with Crippen molar-refractivity contribution in [2.75, 3.05) is 99.8 Å². The molecule has 0 spiro atoms. The molecule has 0 radical (unpaired) electrons. The minimum absolute atomic E-state index is 0.0152. The second-order valence-electron chi connectivity index (χ2n) is 23.7. The van der Waals surface area contributed by atoms with Crippen LogP contribution in [0.5, 0.6) is 0 Å². The highest BCUT2D eigenvalue weighted by Crippen LogP contribution is 2.43. The van der Waals surface area contributed by atoms with E-state index < -0.39 is 82.5 Å². The number of carbonyl (C=O) groups excluding carboxylic acids is 5. The van der Waals surface area contributed by atoms with Crippen LogP contribution in [0.3, 0.4) is 0 Å². The molecule has 2 unspecified atom stereocenters. The molecule has 468 valence electrons. The van der Waals surface area contributed by atoms with Crippen LogP contribution in [0.2, 0.25) is 5.02 Å². The number of imide groups is 2. The number of piperidine rings is 1. The molecule has 3 saturated heterocycles. The molecular weight excluding hydrogens is 1220 g/mol. The minimum Gasteiger partial charge on any atom is -0.384 e. The molecular formula is C63H71ClF3N9O9S3. The number of hydrogen-bond acceptors (Lipinski definition) is 16. The Balaban J connectivity index is 0.741. The molecule has 2 atom stereocenters. The Kier molecular flexibility index (Phi) is 19.8. The molecule has 0 bridgehead atoms. The van der Waals surface area contributed by atoms with Crippen molar-refractivity contribution in [3.8, 4) is 0 Å². The monoisotopic (exact) mass is 1290 g/mol. The van der Waals surface area contributed by atoms with Gasteiger partial charge in [-0.15, -0.1) is 11.8 Å². The van der Waals surface area contributed by atoms with Crippen LogP contribution in [0, 0.1) is 5.41 Å². The second-order valence-corrected chi connectivity index (χ2v) is 28.8. The third kappa shape index (κ3) is 15.1. The fraction of sp³-hybridized carbons (Fsp3) is 0.413. The molecule has 4 N–H and O–H groups in total. The zero-order valence-electron chi connectivity index (χ0n) is 48.9. The number of halogens is 4. The molecule has 4 heterocycles. The summed E-state index contributed by atoms with van der Waals surface area (Å²) in [7, 11) is -11.1. The first-order valence-corrected chi connectivity index (χ1v) is 33.8. The summed E-state index contributed by atoms with van der Waals surface area (Å²) < 4.78 is 99.8. The van der Waals surface area contributed by atoms with Crippen LogP contribution in [0.4, 0.5) is 30.2 Å². The van der Waals surface area contributed by atoms with Crippen molar-refractivity contribution in [3.05, 3.63) is 148 Å². The van der Waals surface area contributed by atoms with Crippen LogP contribution < -0.4 is 25.6 Å². The first-order valence-electron chi connectivity index (χ1n) is 29.5. The highest BCUT2D eigenvalue weighted by molar-refractivity contribution is 7.99. The van der Waals surface area contributed by atoms with Crippen LogP contribution >= 0.6 is 23.4 Å². The van der Waals surface area contributed by atoms with E-state index in [1.165, 1.54) is 46.7 Å². The molecule has 0 saturated carbocycles. The summed E-state index contributed by atoms with van der Waals surface area (Å²) in [4.78, 5) is 73.5. The predicted molar refractivity (Wildman–Crippen MR) is 334 cm³/mol. The van der Waals surface area contributed by atoms with Gasteiger partial charge >= 0.3 is 5.51 Å². The van der Waals surface area contributed by atoms with E-state index in [2.05, 4.69) is 61.5 Å². The average Bonchev–Trinajstić information content (AvgIpc) is 1.68. The van der Waals surface area contributed by atoms with Gasteiger partial charge in [0.15, 0.2) is 0 Å². The molecule has 18 nitrogen and oxygen atoms in total. The van der Waals surface area contributed by atoms with Gasteiger partial charge in [-0.25, -0.2) is 21.6 Å². The molecule has 10 rings (SSSR count). The minimum atomic E-state index is -6.15. The van der Waals surface area contributed by atoms with Gasteiger partial charge in [-0.2, -0.15) is 13.2 Å². The number of nitrogens with one attached hydrogen (secondary N) is 4. The standard InChI is InChI=1S/C63H71ClF3N9O9S3/c1-62(2)26-24-50(42-12-16-45(64)17-13-42)44(39-62)40-74-34-36-75(37-35-74)47-18-14-43(15-19-47)58(78)71-88(84,85)49-20-21-52(55(38-49)87(82,83)63(65,66)67)69-46(41-86-48-8-4-3-5-9-48)25-29-73-32-30-72(31-33-73)28-7-27-68-53-11-6-10-51-57(53)61(81)76(60(51)80)54-22-23-56(77)70-59(54)79/h3-6,8-21,38,46,54,68-69H,7,22-37,39-41H2,1-2H3,(H,71,78)(H,70,77,79). The molecule has 4 aliphatic heterocycles. The topological polar surface area (TPSA) is 218 Å². The van der Waals surface area contributed by atoms with Crippen molar-refractivity contribution in [1.29, 1.82) is 0 Å². The Hall–Kier alpha value is -6.80. The van der Waals surface area contributed by atoms with Gasteiger partial charge in [0.1, 0.15) is 10.9 Å². The number of hydrogen-bond donors (Lipinski definition) is 4. The van der Waals surface area contributed by atoms with Crippen molar-refractivity contribution in [3.63, 3.8) is 0 Å². The van der Waals surface area contributed by atoms with Gasteiger partial charge in [0.25, 0.3) is 37.6 Å². The van der Waals surface area contributed by atoms with E-state index in [0.717, 1.165) is 66.5 Å². The van der Waals surface area contributed by atoms with E-state index in [0.29, 0.717) is 94.3 Å². The smallest absolute Gasteiger partial charge is 0.384 e. The normalized spacial score (nSPS) is 19.4. The SMILES string of the molecule is CC1(C)CCC(c2ccc(Cl)cc2)=C(CN2CCN(c3ccc(C(=O)NS(=O)(=O)c4ccc(NC(CCN5CCN(CCCNc6cccc7c6C(=O)N(C6CCC(=O)NC6=O)C7=O)CC5)CSc5ccccc5)c(S(=O)(=O)C(F)(F)F)c4)cc3)CC2)C1. The summed E-state index contributed by atoms with van der Waals surface area (Å²) in [6.07, 6.45) is 4.22. The lowest BCUT2D eigenvalue weighted by Gasteiger charge is -2.39. The Morgan fingerprint density at radius 1 is 0.773 bits per heavy atom. The maximum absolute atomic E-state index is 14.5. The van der Waals surface area contributed by atoms with Crippen molar-refractivity contribution >= 4 is 95.4 Å². The third-order valence-corrected chi connectivity index (χ3v) is 21.3. The zero-order valence-corrected chi connectivity index (χ0v) is 52.1. The van der Waals surface area contributed by atoms with Gasteiger partial charge < -0.3 is 25.3 Å². The number of alkyl halides is 3. The fourth-order valence-electron chi connectivity index (χ4n) is 12.1. The van der Waals surface area contributed by atoms with Gasteiger partial charge in [-0.3, -0.25) is 39.1 Å². The van der Waals surface area contributed by atoms with Crippen LogP contribution in [0.1, 0.15) is 95.4 Å². The summed E-state index contributed by atoms with van der Waals surface area (Å²) in [6, 6.07) is 29.3. The highest BCUT2D eigenvalue weighted by atomic mass is 35.5. The maximum Gasteiger partial charge on any atom is 0.501 e. The first kappa shape index (κ1) is 64.2. The molecule has 3 fully saturated rings. The number of sulfone groups is 1. The molecule has 88 heavy (non-hydrogen) atoms. The van der Waals surface area contributed by atoms with E-state index in [1.54, 1.807) is 24.3 Å². The first-order chi connectivity index (χ1) is 41.9. The van der Waals surface area contributed by atoms with Crippen LogP contribution in [-0.2, 0) is 29.4 Å². The van der Waals surface area contributed by atoms with Crippen molar-refractivity contribution in [2.24, 2.45) is 5.41 Å². The number of amides is 5. The van der Waals surface area contributed by atoms with Gasteiger partial charge in [-0.1, -0.05) is 67.4 Å². The Morgan fingerprint density at radius 2 is 1.45 bits per heavy atom. The predicted octanol–water partition coefficient (Wildman–Crippen LogP) is 9.02. The number of thioether (sulfide) groups is 1. The maximum atomic E-state index is 14.5.